The Bertz CT molecular complexity index is 959. The number of fused-ring (bicyclic) bond motifs is 1. The molecule has 0 radical (unpaired) electrons. The Morgan fingerprint density at radius 3 is 2.89 bits per heavy atom. The number of carbonyl (C=O) groups is 1. The number of likely N-dealkylation sites (tertiary alicyclic amines) is 1. The molecule has 0 aromatic carbocycles. The summed E-state index contributed by atoms with van der Waals surface area (Å²) in [5.74, 6) is 1.56. The maximum atomic E-state index is 13.6. The molecule has 4 rings (SSSR count). The van der Waals surface area contributed by atoms with Crippen molar-refractivity contribution in [2.75, 3.05) is 6.54 Å². The van der Waals surface area contributed by atoms with Gasteiger partial charge in [0.05, 0.1) is 28.9 Å². The summed E-state index contributed by atoms with van der Waals surface area (Å²) in [4.78, 5) is 20.1. The lowest BCUT2D eigenvalue weighted by molar-refractivity contribution is 0.0522. The molecule has 2 atom stereocenters. The summed E-state index contributed by atoms with van der Waals surface area (Å²) in [7, 11) is 0. The van der Waals surface area contributed by atoms with Crippen molar-refractivity contribution in [2.45, 2.75) is 52.5 Å². The van der Waals surface area contributed by atoms with Crippen molar-refractivity contribution in [3.05, 3.63) is 47.2 Å². The van der Waals surface area contributed by atoms with E-state index in [-0.39, 0.29) is 17.9 Å². The second-order valence-corrected chi connectivity index (χ2v) is 7.86. The van der Waals surface area contributed by atoms with Crippen LogP contribution in [-0.4, -0.2) is 27.5 Å². The van der Waals surface area contributed by atoms with Crippen LogP contribution in [0.3, 0.4) is 0 Å². The standard InChI is InChI=1S/C21H25N3O3/c1-12(2)16-11-15(19-14(4)23-27-20(19)22-16)21(25)24-8-7-13(3)10-17(24)18-6-5-9-26-18/h5-6,9,11-13,17H,7-8,10H2,1-4H3/t13-,17-/m0/s1. The molecule has 0 aliphatic carbocycles. The monoisotopic (exact) mass is 367 g/mol. The number of furan rings is 1. The number of hydrogen-bond donors (Lipinski definition) is 0. The number of carbonyl (C=O) groups excluding carboxylic acids is 1. The fourth-order valence-corrected chi connectivity index (χ4v) is 3.87. The van der Waals surface area contributed by atoms with Crippen LogP contribution in [0.25, 0.3) is 11.1 Å². The molecule has 0 spiro atoms. The van der Waals surface area contributed by atoms with Crippen LogP contribution < -0.4 is 0 Å². The molecule has 0 bridgehead atoms. The predicted molar refractivity (Wildman–Crippen MR) is 102 cm³/mol. The van der Waals surface area contributed by atoms with E-state index in [1.165, 1.54) is 0 Å². The van der Waals surface area contributed by atoms with Gasteiger partial charge in [-0.05, 0) is 49.8 Å². The molecule has 0 saturated carbocycles. The first-order valence-electron chi connectivity index (χ1n) is 9.57. The normalized spacial score (nSPS) is 20.6. The highest BCUT2D eigenvalue weighted by molar-refractivity contribution is 6.06. The summed E-state index contributed by atoms with van der Waals surface area (Å²) >= 11 is 0. The summed E-state index contributed by atoms with van der Waals surface area (Å²) in [6, 6.07) is 5.68. The highest BCUT2D eigenvalue weighted by Crippen LogP contribution is 2.36. The summed E-state index contributed by atoms with van der Waals surface area (Å²) in [6.07, 6.45) is 3.55. The molecular formula is C21H25N3O3. The fourth-order valence-electron chi connectivity index (χ4n) is 3.87. The van der Waals surface area contributed by atoms with Gasteiger partial charge >= 0.3 is 0 Å². The molecule has 3 aromatic rings. The zero-order chi connectivity index (χ0) is 19.1. The number of amides is 1. The minimum absolute atomic E-state index is 0.0103. The van der Waals surface area contributed by atoms with E-state index in [4.69, 9.17) is 8.94 Å². The van der Waals surface area contributed by atoms with Crippen LogP contribution in [0.2, 0.25) is 0 Å². The summed E-state index contributed by atoms with van der Waals surface area (Å²) < 4.78 is 11.0. The first-order valence-corrected chi connectivity index (χ1v) is 9.57. The molecule has 3 aromatic heterocycles. The number of rotatable bonds is 3. The third-order valence-corrected chi connectivity index (χ3v) is 5.46. The number of nitrogens with zero attached hydrogens (tertiary/aromatic N) is 3. The van der Waals surface area contributed by atoms with Gasteiger partial charge in [0.1, 0.15) is 5.76 Å². The summed E-state index contributed by atoms with van der Waals surface area (Å²) in [6.45, 7) is 8.89. The SMILES string of the molecule is Cc1noc2nc(C(C)C)cc(C(=O)N3CC[C@H](C)C[C@H]3c3ccco3)c12. The highest BCUT2D eigenvalue weighted by atomic mass is 16.5. The Kier molecular flexibility index (Phi) is 4.50. The van der Waals surface area contributed by atoms with Gasteiger partial charge in [-0.25, -0.2) is 4.98 Å². The quantitative estimate of drug-likeness (QED) is 0.661. The van der Waals surface area contributed by atoms with Crippen molar-refractivity contribution in [3.63, 3.8) is 0 Å². The Labute approximate surface area is 158 Å². The zero-order valence-corrected chi connectivity index (χ0v) is 16.2. The maximum Gasteiger partial charge on any atom is 0.259 e. The van der Waals surface area contributed by atoms with Crippen molar-refractivity contribution in [2.24, 2.45) is 5.92 Å². The topological polar surface area (TPSA) is 72.4 Å². The lowest BCUT2D eigenvalue weighted by Gasteiger charge is -2.37. The van der Waals surface area contributed by atoms with Gasteiger partial charge in [0.2, 0.25) is 0 Å². The van der Waals surface area contributed by atoms with Gasteiger partial charge < -0.3 is 13.8 Å². The average molecular weight is 367 g/mol. The second-order valence-electron chi connectivity index (χ2n) is 7.86. The van der Waals surface area contributed by atoms with Crippen molar-refractivity contribution in [1.82, 2.24) is 15.0 Å². The van der Waals surface area contributed by atoms with Gasteiger partial charge in [-0.2, -0.15) is 0 Å². The van der Waals surface area contributed by atoms with E-state index < -0.39 is 0 Å². The summed E-state index contributed by atoms with van der Waals surface area (Å²) in [5, 5.41) is 4.75. The van der Waals surface area contributed by atoms with Crippen molar-refractivity contribution >= 4 is 17.0 Å². The fraction of sp³-hybridized carbons (Fsp3) is 0.476. The van der Waals surface area contributed by atoms with Crippen molar-refractivity contribution in [1.29, 1.82) is 0 Å². The zero-order valence-electron chi connectivity index (χ0n) is 16.2. The van der Waals surface area contributed by atoms with E-state index in [1.54, 1.807) is 6.26 Å². The third kappa shape index (κ3) is 3.13. The first-order chi connectivity index (χ1) is 13.0. The summed E-state index contributed by atoms with van der Waals surface area (Å²) in [5.41, 5.74) is 2.58. The molecule has 0 N–H and O–H groups in total. The largest absolute Gasteiger partial charge is 0.467 e. The molecule has 6 nitrogen and oxygen atoms in total. The third-order valence-electron chi connectivity index (χ3n) is 5.46. The number of piperidine rings is 1. The van der Waals surface area contributed by atoms with Crippen LogP contribution >= 0.6 is 0 Å². The molecule has 142 valence electrons. The minimum atomic E-state index is -0.0536. The van der Waals surface area contributed by atoms with Crippen molar-refractivity contribution in [3.8, 4) is 0 Å². The van der Waals surface area contributed by atoms with Crippen LogP contribution in [0.5, 0.6) is 0 Å². The second kappa shape index (κ2) is 6.83. The molecule has 1 fully saturated rings. The average Bonchev–Trinajstić information content (AvgIpc) is 3.31. The highest BCUT2D eigenvalue weighted by Gasteiger charge is 2.34. The van der Waals surface area contributed by atoms with Crippen LogP contribution in [0, 0.1) is 12.8 Å². The van der Waals surface area contributed by atoms with Gasteiger partial charge in [-0.1, -0.05) is 25.9 Å². The molecule has 6 heteroatoms. The van der Waals surface area contributed by atoms with E-state index >= 15 is 0 Å². The lowest BCUT2D eigenvalue weighted by atomic mass is 9.90. The Hall–Kier alpha value is -2.63. The molecule has 1 aliphatic rings. The van der Waals surface area contributed by atoms with E-state index in [2.05, 4.69) is 30.9 Å². The van der Waals surface area contributed by atoms with Gasteiger partial charge in [-0.3, -0.25) is 4.79 Å². The maximum absolute atomic E-state index is 13.6. The van der Waals surface area contributed by atoms with E-state index in [9.17, 15) is 4.79 Å². The molecule has 0 unspecified atom stereocenters. The molecule has 1 aliphatic heterocycles. The Morgan fingerprint density at radius 1 is 1.37 bits per heavy atom. The molecule has 4 heterocycles. The van der Waals surface area contributed by atoms with E-state index in [0.717, 1.165) is 24.3 Å². The van der Waals surface area contributed by atoms with Crippen LogP contribution in [0.1, 0.15) is 73.1 Å². The number of hydrogen-bond acceptors (Lipinski definition) is 5. The van der Waals surface area contributed by atoms with Crippen LogP contribution in [0.15, 0.2) is 33.4 Å². The number of aromatic nitrogens is 2. The number of pyridine rings is 1. The predicted octanol–water partition coefficient (Wildman–Crippen LogP) is 4.86. The van der Waals surface area contributed by atoms with E-state index in [1.807, 2.05) is 30.0 Å². The van der Waals surface area contributed by atoms with E-state index in [0.29, 0.717) is 34.8 Å². The Morgan fingerprint density at radius 2 is 2.19 bits per heavy atom. The minimum Gasteiger partial charge on any atom is -0.467 e. The lowest BCUT2D eigenvalue weighted by Crippen LogP contribution is -2.40. The number of aryl methyl sites for hydroxylation is 1. The van der Waals surface area contributed by atoms with Crippen LogP contribution in [-0.2, 0) is 0 Å². The molecule has 27 heavy (non-hydrogen) atoms. The van der Waals surface area contributed by atoms with Gasteiger partial charge in [0, 0.05) is 12.2 Å². The van der Waals surface area contributed by atoms with Crippen LogP contribution in [0.4, 0.5) is 0 Å². The molecule has 1 saturated heterocycles. The van der Waals surface area contributed by atoms with Gasteiger partial charge in [0.15, 0.2) is 0 Å². The molecular weight excluding hydrogens is 342 g/mol. The molecule has 1 amide bonds. The first kappa shape index (κ1) is 17.8. The Balaban J connectivity index is 1.80. The van der Waals surface area contributed by atoms with Gasteiger partial charge in [-0.15, -0.1) is 0 Å². The van der Waals surface area contributed by atoms with Crippen molar-refractivity contribution < 1.29 is 13.7 Å². The van der Waals surface area contributed by atoms with Gasteiger partial charge in [0.25, 0.3) is 11.6 Å². The smallest absolute Gasteiger partial charge is 0.259 e.